The van der Waals surface area contributed by atoms with Crippen molar-refractivity contribution in [2.75, 3.05) is 11.1 Å². The molecule has 0 saturated heterocycles. The van der Waals surface area contributed by atoms with Crippen molar-refractivity contribution in [2.45, 2.75) is 25.3 Å². The zero-order chi connectivity index (χ0) is 13.9. The molecular weight excluding hydrogens is 280 g/mol. The molecule has 0 amide bonds. The number of hydrogen-bond donors (Lipinski definition) is 1. The highest BCUT2D eigenvalue weighted by atomic mass is 32.2. The first kappa shape index (κ1) is 14.0. The fourth-order valence-corrected chi connectivity index (χ4v) is 3.40. The molecule has 1 heterocycles. The third-order valence-electron chi connectivity index (χ3n) is 2.73. The SMILES string of the molecule is CCS(=O)(=O)c1ccccc1NCc1csc(C)n1. The minimum absolute atomic E-state index is 0.0987. The van der Waals surface area contributed by atoms with Crippen molar-refractivity contribution in [1.29, 1.82) is 0 Å². The number of rotatable bonds is 5. The van der Waals surface area contributed by atoms with Crippen LogP contribution in [-0.2, 0) is 16.4 Å². The van der Waals surface area contributed by atoms with Gasteiger partial charge in [0.15, 0.2) is 9.84 Å². The van der Waals surface area contributed by atoms with Gasteiger partial charge in [-0.05, 0) is 19.1 Å². The summed E-state index contributed by atoms with van der Waals surface area (Å²) in [6.07, 6.45) is 0. The van der Waals surface area contributed by atoms with Crippen LogP contribution in [0.2, 0.25) is 0 Å². The standard InChI is InChI=1S/C13H16N2O2S2/c1-3-19(16,17)13-7-5-4-6-12(13)14-8-11-9-18-10(2)15-11/h4-7,9,14H,3,8H2,1-2H3. The largest absolute Gasteiger partial charge is 0.378 e. The maximum Gasteiger partial charge on any atom is 0.180 e. The molecule has 0 radical (unpaired) electrons. The second-order valence-electron chi connectivity index (χ2n) is 4.11. The predicted molar refractivity (Wildman–Crippen MR) is 78.3 cm³/mol. The van der Waals surface area contributed by atoms with Crippen molar-refractivity contribution in [2.24, 2.45) is 0 Å². The van der Waals surface area contributed by atoms with Crippen LogP contribution in [0.4, 0.5) is 5.69 Å². The Morgan fingerprint density at radius 3 is 2.68 bits per heavy atom. The summed E-state index contributed by atoms with van der Waals surface area (Å²) in [5.41, 5.74) is 1.56. The minimum atomic E-state index is -3.21. The molecule has 0 aliphatic rings. The van der Waals surface area contributed by atoms with Gasteiger partial charge >= 0.3 is 0 Å². The van der Waals surface area contributed by atoms with E-state index in [1.165, 1.54) is 0 Å². The molecule has 0 bridgehead atoms. The molecule has 1 aromatic heterocycles. The Balaban J connectivity index is 2.21. The van der Waals surface area contributed by atoms with Crippen LogP contribution in [0.15, 0.2) is 34.5 Å². The van der Waals surface area contributed by atoms with Gasteiger partial charge in [-0.1, -0.05) is 19.1 Å². The van der Waals surface area contributed by atoms with Crippen LogP contribution in [0.1, 0.15) is 17.6 Å². The lowest BCUT2D eigenvalue weighted by Crippen LogP contribution is -2.09. The van der Waals surface area contributed by atoms with Gasteiger partial charge < -0.3 is 5.32 Å². The van der Waals surface area contributed by atoms with E-state index in [1.807, 2.05) is 18.4 Å². The van der Waals surface area contributed by atoms with Crippen molar-refractivity contribution >= 4 is 26.9 Å². The van der Waals surface area contributed by atoms with E-state index < -0.39 is 9.84 Å². The lowest BCUT2D eigenvalue weighted by molar-refractivity contribution is 0.597. The van der Waals surface area contributed by atoms with Crippen LogP contribution in [-0.4, -0.2) is 19.2 Å². The topological polar surface area (TPSA) is 59.1 Å². The highest BCUT2D eigenvalue weighted by Crippen LogP contribution is 2.22. The molecule has 0 fully saturated rings. The summed E-state index contributed by atoms with van der Waals surface area (Å²) in [6, 6.07) is 6.97. The lowest BCUT2D eigenvalue weighted by atomic mass is 10.3. The van der Waals surface area contributed by atoms with Crippen molar-refractivity contribution in [3.63, 3.8) is 0 Å². The second-order valence-corrected chi connectivity index (χ2v) is 7.42. The van der Waals surface area contributed by atoms with Crippen LogP contribution < -0.4 is 5.32 Å². The first-order valence-corrected chi connectivity index (χ1v) is 8.53. The normalized spacial score (nSPS) is 11.5. The summed E-state index contributed by atoms with van der Waals surface area (Å²) in [4.78, 5) is 4.70. The highest BCUT2D eigenvalue weighted by Gasteiger charge is 2.15. The fraction of sp³-hybridized carbons (Fsp3) is 0.308. The van der Waals surface area contributed by atoms with Gasteiger partial charge in [-0.15, -0.1) is 11.3 Å². The van der Waals surface area contributed by atoms with Gasteiger partial charge in [-0.25, -0.2) is 13.4 Å². The molecule has 2 rings (SSSR count). The Kier molecular flexibility index (Phi) is 4.21. The molecule has 0 atom stereocenters. The van der Waals surface area contributed by atoms with Gasteiger partial charge in [0, 0.05) is 5.38 Å². The number of hydrogen-bond acceptors (Lipinski definition) is 5. The van der Waals surface area contributed by atoms with Crippen molar-refractivity contribution in [3.8, 4) is 0 Å². The molecule has 0 aliphatic carbocycles. The molecule has 1 N–H and O–H groups in total. The number of aromatic nitrogens is 1. The zero-order valence-corrected chi connectivity index (χ0v) is 12.5. The van der Waals surface area contributed by atoms with E-state index in [-0.39, 0.29) is 5.75 Å². The molecule has 1 aromatic carbocycles. The Hall–Kier alpha value is -1.40. The number of anilines is 1. The van der Waals surface area contributed by atoms with E-state index in [9.17, 15) is 8.42 Å². The van der Waals surface area contributed by atoms with Gasteiger partial charge in [0.2, 0.25) is 0 Å². The second kappa shape index (κ2) is 5.71. The highest BCUT2D eigenvalue weighted by molar-refractivity contribution is 7.91. The number of benzene rings is 1. The molecule has 4 nitrogen and oxygen atoms in total. The Morgan fingerprint density at radius 2 is 2.05 bits per heavy atom. The van der Waals surface area contributed by atoms with Gasteiger partial charge in [-0.2, -0.15) is 0 Å². The van der Waals surface area contributed by atoms with Crippen molar-refractivity contribution in [3.05, 3.63) is 40.3 Å². The number of nitrogens with zero attached hydrogens (tertiary/aromatic N) is 1. The lowest BCUT2D eigenvalue weighted by Gasteiger charge is -2.10. The quantitative estimate of drug-likeness (QED) is 0.921. The summed E-state index contributed by atoms with van der Waals surface area (Å²) in [6.45, 7) is 4.13. The number of aryl methyl sites for hydroxylation is 1. The van der Waals surface area contributed by atoms with Gasteiger partial charge in [0.05, 0.1) is 33.6 Å². The fourth-order valence-electron chi connectivity index (χ4n) is 1.71. The number of thiazole rings is 1. The smallest absolute Gasteiger partial charge is 0.180 e. The maximum absolute atomic E-state index is 12.0. The number of sulfone groups is 1. The van der Waals surface area contributed by atoms with Crippen molar-refractivity contribution in [1.82, 2.24) is 4.98 Å². The number of nitrogens with one attached hydrogen (secondary N) is 1. The van der Waals surface area contributed by atoms with E-state index in [0.29, 0.717) is 17.1 Å². The summed E-state index contributed by atoms with van der Waals surface area (Å²) in [7, 11) is -3.21. The van der Waals surface area contributed by atoms with Crippen molar-refractivity contribution < 1.29 is 8.42 Å². The molecule has 0 aliphatic heterocycles. The average Bonchev–Trinajstić information content (AvgIpc) is 2.82. The van der Waals surface area contributed by atoms with Gasteiger partial charge in [0.25, 0.3) is 0 Å². The summed E-state index contributed by atoms with van der Waals surface area (Å²) in [5.74, 6) is 0.0987. The van der Waals surface area contributed by atoms with Crippen LogP contribution in [0.3, 0.4) is 0 Å². The molecule has 6 heteroatoms. The first-order chi connectivity index (χ1) is 9.03. The molecule has 0 unspecified atom stereocenters. The summed E-state index contributed by atoms with van der Waals surface area (Å²) >= 11 is 1.58. The van der Waals surface area contributed by atoms with Crippen LogP contribution in [0, 0.1) is 6.92 Å². The Morgan fingerprint density at radius 1 is 1.32 bits per heavy atom. The summed E-state index contributed by atoms with van der Waals surface area (Å²) in [5, 5.41) is 6.13. The molecule has 102 valence electrons. The summed E-state index contributed by atoms with van der Waals surface area (Å²) < 4.78 is 24.0. The van der Waals surface area contributed by atoms with Crippen LogP contribution in [0.5, 0.6) is 0 Å². The monoisotopic (exact) mass is 296 g/mol. The van der Waals surface area contributed by atoms with E-state index in [0.717, 1.165) is 10.7 Å². The van der Waals surface area contributed by atoms with E-state index in [2.05, 4.69) is 10.3 Å². The molecule has 0 saturated carbocycles. The minimum Gasteiger partial charge on any atom is -0.378 e. The van der Waals surface area contributed by atoms with Gasteiger partial charge in [-0.3, -0.25) is 0 Å². The molecule has 2 aromatic rings. The third-order valence-corrected chi connectivity index (χ3v) is 5.34. The predicted octanol–water partition coefficient (Wildman–Crippen LogP) is 2.86. The van der Waals surface area contributed by atoms with Crippen LogP contribution in [0.25, 0.3) is 0 Å². The molecular formula is C13H16N2O2S2. The molecule has 0 spiro atoms. The number of para-hydroxylation sites is 1. The average molecular weight is 296 g/mol. The Labute approximate surface area is 117 Å². The Bertz CT molecular complexity index is 663. The third kappa shape index (κ3) is 3.33. The van der Waals surface area contributed by atoms with E-state index in [1.54, 1.807) is 36.5 Å². The van der Waals surface area contributed by atoms with Gasteiger partial charge in [0.1, 0.15) is 0 Å². The maximum atomic E-state index is 12.0. The van der Waals surface area contributed by atoms with E-state index >= 15 is 0 Å². The zero-order valence-electron chi connectivity index (χ0n) is 10.9. The first-order valence-electron chi connectivity index (χ1n) is 5.99. The molecule has 19 heavy (non-hydrogen) atoms. The van der Waals surface area contributed by atoms with Crippen LogP contribution >= 0.6 is 11.3 Å². The van der Waals surface area contributed by atoms with E-state index in [4.69, 9.17) is 0 Å².